The predicted molar refractivity (Wildman–Crippen MR) is 107 cm³/mol. The molecule has 2 atom stereocenters. The number of hydrogen-bond donors (Lipinski definition) is 0. The third kappa shape index (κ3) is 4.22. The molecule has 1 aromatic carbocycles. The van der Waals surface area contributed by atoms with Gasteiger partial charge in [0.05, 0.1) is 6.04 Å². The SMILES string of the molecule is c1ccc(C(CC2=NCCC2)=N[C@@H]2CCC[C@@H]2C2CCCCC2)cc1. The van der Waals surface area contributed by atoms with Crippen molar-refractivity contribution in [2.45, 2.75) is 76.7 Å². The highest BCUT2D eigenvalue weighted by Crippen LogP contribution is 2.41. The number of hydrogen-bond acceptors (Lipinski definition) is 2. The molecule has 0 spiro atoms. The largest absolute Gasteiger partial charge is 0.294 e. The van der Waals surface area contributed by atoms with Crippen LogP contribution in [0.15, 0.2) is 40.3 Å². The zero-order chi connectivity index (χ0) is 16.9. The highest BCUT2D eigenvalue weighted by Gasteiger charge is 2.34. The summed E-state index contributed by atoms with van der Waals surface area (Å²) in [6, 6.07) is 11.4. The Bertz CT molecular complexity index is 610. The van der Waals surface area contributed by atoms with Crippen LogP contribution in [-0.4, -0.2) is 24.0 Å². The van der Waals surface area contributed by atoms with Crippen molar-refractivity contribution in [2.75, 3.05) is 6.54 Å². The second-order valence-electron chi connectivity index (χ2n) is 8.23. The van der Waals surface area contributed by atoms with E-state index in [9.17, 15) is 0 Å². The van der Waals surface area contributed by atoms with E-state index in [4.69, 9.17) is 9.98 Å². The van der Waals surface area contributed by atoms with Gasteiger partial charge in [-0.2, -0.15) is 0 Å². The lowest BCUT2D eigenvalue weighted by Crippen LogP contribution is -2.25. The summed E-state index contributed by atoms with van der Waals surface area (Å²) < 4.78 is 0. The second kappa shape index (κ2) is 8.29. The Balaban J connectivity index is 1.56. The van der Waals surface area contributed by atoms with E-state index in [0.29, 0.717) is 6.04 Å². The van der Waals surface area contributed by atoms with Gasteiger partial charge in [-0.3, -0.25) is 9.98 Å². The lowest BCUT2D eigenvalue weighted by Gasteiger charge is -2.30. The summed E-state index contributed by atoms with van der Waals surface area (Å²) in [4.78, 5) is 10.1. The van der Waals surface area contributed by atoms with Crippen molar-refractivity contribution in [1.82, 2.24) is 0 Å². The van der Waals surface area contributed by atoms with Crippen molar-refractivity contribution in [3.63, 3.8) is 0 Å². The first-order valence-corrected chi connectivity index (χ1v) is 10.5. The van der Waals surface area contributed by atoms with Gasteiger partial charge in [-0.25, -0.2) is 0 Å². The van der Waals surface area contributed by atoms with Gasteiger partial charge in [0, 0.05) is 24.4 Å². The minimum absolute atomic E-state index is 0.556. The van der Waals surface area contributed by atoms with E-state index in [0.717, 1.165) is 24.8 Å². The van der Waals surface area contributed by atoms with E-state index in [1.165, 1.54) is 81.2 Å². The molecule has 3 aliphatic rings. The molecular weight excluding hydrogens is 304 g/mol. The van der Waals surface area contributed by atoms with E-state index >= 15 is 0 Å². The molecule has 2 heteroatoms. The molecule has 25 heavy (non-hydrogen) atoms. The Morgan fingerprint density at radius 2 is 1.76 bits per heavy atom. The van der Waals surface area contributed by atoms with Gasteiger partial charge in [-0.1, -0.05) is 68.9 Å². The van der Waals surface area contributed by atoms with Crippen LogP contribution in [0.25, 0.3) is 0 Å². The average Bonchev–Trinajstić information content (AvgIpc) is 3.35. The van der Waals surface area contributed by atoms with Crippen LogP contribution < -0.4 is 0 Å². The summed E-state index contributed by atoms with van der Waals surface area (Å²) in [6.07, 6.45) is 14.7. The summed E-state index contributed by atoms with van der Waals surface area (Å²) in [5.41, 5.74) is 3.98. The van der Waals surface area contributed by atoms with Crippen LogP contribution in [0.5, 0.6) is 0 Å². The van der Waals surface area contributed by atoms with Crippen molar-refractivity contribution < 1.29 is 0 Å². The molecular formula is C23H32N2. The van der Waals surface area contributed by atoms with Gasteiger partial charge in [0.25, 0.3) is 0 Å². The van der Waals surface area contributed by atoms with Crippen molar-refractivity contribution in [3.8, 4) is 0 Å². The third-order valence-corrected chi connectivity index (χ3v) is 6.55. The van der Waals surface area contributed by atoms with E-state index in [1.807, 2.05) is 0 Å². The fourth-order valence-corrected chi connectivity index (χ4v) is 5.23. The molecule has 0 bridgehead atoms. The summed E-state index contributed by atoms with van der Waals surface area (Å²) in [5.74, 6) is 1.77. The Labute approximate surface area is 152 Å². The maximum Gasteiger partial charge on any atom is 0.0534 e. The second-order valence-corrected chi connectivity index (χ2v) is 8.23. The lowest BCUT2D eigenvalue weighted by atomic mass is 9.77. The van der Waals surface area contributed by atoms with Crippen molar-refractivity contribution in [3.05, 3.63) is 35.9 Å². The highest BCUT2D eigenvalue weighted by molar-refractivity contribution is 6.12. The highest BCUT2D eigenvalue weighted by atomic mass is 14.8. The summed E-state index contributed by atoms with van der Waals surface area (Å²) in [7, 11) is 0. The average molecular weight is 337 g/mol. The van der Waals surface area contributed by atoms with Crippen LogP contribution in [0.2, 0.25) is 0 Å². The summed E-state index contributed by atoms with van der Waals surface area (Å²) >= 11 is 0. The number of benzene rings is 1. The lowest BCUT2D eigenvalue weighted by molar-refractivity contribution is 0.235. The fourth-order valence-electron chi connectivity index (χ4n) is 5.23. The maximum absolute atomic E-state index is 5.40. The quantitative estimate of drug-likeness (QED) is 0.603. The van der Waals surface area contributed by atoms with Crippen molar-refractivity contribution >= 4 is 11.4 Å². The van der Waals surface area contributed by atoms with Crippen LogP contribution in [0.4, 0.5) is 0 Å². The fraction of sp³-hybridized carbons (Fsp3) is 0.652. The van der Waals surface area contributed by atoms with Gasteiger partial charge in [-0.05, 0) is 43.1 Å². The van der Waals surface area contributed by atoms with Crippen LogP contribution in [0.1, 0.15) is 76.2 Å². The van der Waals surface area contributed by atoms with Gasteiger partial charge in [0.2, 0.25) is 0 Å². The van der Waals surface area contributed by atoms with Crippen molar-refractivity contribution in [2.24, 2.45) is 21.8 Å². The molecule has 0 radical (unpaired) electrons. The van der Waals surface area contributed by atoms with Gasteiger partial charge in [-0.15, -0.1) is 0 Å². The summed E-state index contributed by atoms with van der Waals surface area (Å²) in [5, 5.41) is 0. The van der Waals surface area contributed by atoms with Gasteiger partial charge >= 0.3 is 0 Å². The standard InChI is InChI=1S/C23H32N2/c1-3-9-18(10-4-1)21-14-7-15-22(21)25-23(17-20-13-8-16-24-20)19-11-5-2-6-12-19/h2,5-6,11-12,18,21-22H,1,3-4,7-10,13-17H2/t21-,22-/m1/s1. The molecule has 2 aliphatic carbocycles. The van der Waals surface area contributed by atoms with Crippen LogP contribution >= 0.6 is 0 Å². The van der Waals surface area contributed by atoms with Gasteiger partial charge < -0.3 is 0 Å². The van der Waals surface area contributed by atoms with Crippen LogP contribution in [0, 0.1) is 11.8 Å². The molecule has 2 nitrogen and oxygen atoms in total. The normalized spacial score (nSPS) is 28.3. The first kappa shape index (κ1) is 17.0. The first-order valence-electron chi connectivity index (χ1n) is 10.5. The zero-order valence-corrected chi connectivity index (χ0v) is 15.5. The molecule has 2 saturated carbocycles. The van der Waals surface area contributed by atoms with E-state index < -0.39 is 0 Å². The predicted octanol–water partition coefficient (Wildman–Crippen LogP) is 5.85. The van der Waals surface area contributed by atoms with Crippen LogP contribution in [-0.2, 0) is 0 Å². The molecule has 1 heterocycles. The molecule has 2 fully saturated rings. The Hall–Kier alpha value is -1.44. The zero-order valence-electron chi connectivity index (χ0n) is 15.5. The van der Waals surface area contributed by atoms with E-state index in [1.54, 1.807) is 0 Å². The van der Waals surface area contributed by atoms with Crippen molar-refractivity contribution in [1.29, 1.82) is 0 Å². The molecule has 0 unspecified atom stereocenters. The third-order valence-electron chi connectivity index (χ3n) is 6.55. The monoisotopic (exact) mass is 336 g/mol. The first-order chi connectivity index (χ1) is 12.4. The topological polar surface area (TPSA) is 24.7 Å². The molecule has 0 aromatic heterocycles. The van der Waals surface area contributed by atoms with E-state index in [-0.39, 0.29) is 0 Å². The molecule has 1 aliphatic heterocycles. The molecule has 0 amide bonds. The van der Waals surface area contributed by atoms with Gasteiger partial charge in [0.15, 0.2) is 0 Å². The van der Waals surface area contributed by atoms with E-state index in [2.05, 4.69) is 30.3 Å². The number of aliphatic imine (C=N–C) groups is 2. The minimum atomic E-state index is 0.556. The van der Waals surface area contributed by atoms with Crippen LogP contribution in [0.3, 0.4) is 0 Å². The van der Waals surface area contributed by atoms with Gasteiger partial charge in [0.1, 0.15) is 0 Å². The Morgan fingerprint density at radius 3 is 2.52 bits per heavy atom. The summed E-state index contributed by atoms with van der Waals surface area (Å²) in [6.45, 7) is 1.02. The molecule has 1 aromatic rings. The minimum Gasteiger partial charge on any atom is -0.294 e. The maximum atomic E-state index is 5.40. The Kier molecular flexibility index (Phi) is 5.64. The smallest absolute Gasteiger partial charge is 0.0534 e. The molecule has 134 valence electrons. The number of nitrogens with zero attached hydrogens (tertiary/aromatic N) is 2. The molecule has 0 N–H and O–H groups in total. The molecule has 4 rings (SSSR count). The molecule has 0 saturated heterocycles. The number of rotatable bonds is 5. The Morgan fingerprint density at radius 1 is 0.920 bits per heavy atom.